The Hall–Kier alpha value is -1.00. The van der Waals surface area contributed by atoms with Gasteiger partial charge in [0.25, 0.3) is 0 Å². The molecule has 0 amide bonds. The van der Waals surface area contributed by atoms with E-state index in [0.717, 1.165) is 44.1 Å². The van der Waals surface area contributed by atoms with Crippen LogP contribution in [-0.2, 0) is 24.1 Å². The Morgan fingerprint density at radius 2 is 2.07 bits per heavy atom. The Kier molecular flexibility index (Phi) is 3.28. The number of aromatic nitrogens is 2. The van der Waals surface area contributed by atoms with Crippen molar-refractivity contribution in [3.05, 3.63) is 22.8 Å². The predicted molar refractivity (Wildman–Crippen MR) is 57.8 cm³/mol. The molecule has 0 aromatic carbocycles. The lowest BCUT2D eigenvalue weighted by atomic mass is 10.1. The normalized spacial score (nSPS) is 15.9. The summed E-state index contributed by atoms with van der Waals surface area (Å²) < 4.78 is 5.46. The molecule has 15 heavy (non-hydrogen) atoms. The maximum Gasteiger partial charge on any atom is 0.125 e. The van der Waals surface area contributed by atoms with Crippen LogP contribution in [0.2, 0.25) is 0 Å². The Bertz CT molecular complexity index is 352. The fourth-order valence-corrected chi connectivity index (χ4v) is 1.97. The van der Waals surface area contributed by atoms with Crippen LogP contribution in [-0.4, -0.2) is 30.2 Å². The van der Waals surface area contributed by atoms with Gasteiger partial charge in [0.05, 0.1) is 18.9 Å². The topological polar surface area (TPSA) is 47.0 Å². The maximum atomic E-state index is 5.46. The van der Waals surface area contributed by atoms with Crippen LogP contribution in [0.15, 0.2) is 0 Å². The summed E-state index contributed by atoms with van der Waals surface area (Å²) in [4.78, 5) is 8.99. The number of aryl methyl sites for hydroxylation is 1. The summed E-state index contributed by atoms with van der Waals surface area (Å²) >= 11 is 0. The van der Waals surface area contributed by atoms with Gasteiger partial charge in [0.15, 0.2) is 0 Å². The summed E-state index contributed by atoms with van der Waals surface area (Å²) in [7, 11) is 1.94. The van der Waals surface area contributed by atoms with Crippen molar-refractivity contribution in [2.75, 3.05) is 20.3 Å². The second kappa shape index (κ2) is 4.68. The van der Waals surface area contributed by atoms with Crippen LogP contribution < -0.4 is 5.32 Å². The predicted octanol–water partition coefficient (Wildman–Crippen LogP) is 0.620. The van der Waals surface area contributed by atoms with Crippen molar-refractivity contribution in [1.29, 1.82) is 0 Å². The lowest BCUT2D eigenvalue weighted by molar-refractivity contribution is 0.146. The van der Waals surface area contributed by atoms with E-state index in [1.54, 1.807) is 0 Å². The summed E-state index contributed by atoms with van der Waals surface area (Å²) in [6.45, 7) is 4.33. The average Bonchev–Trinajstić information content (AvgIpc) is 2.43. The summed E-state index contributed by atoms with van der Waals surface area (Å²) in [5, 5.41) is 3.15. The molecule has 0 radical (unpaired) electrons. The summed E-state index contributed by atoms with van der Waals surface area (Å²) in [6.07, 6.45) is 1.85. The van der Waals surface area contributed by atoms with E-state index in [-0.39, 0.29) is 0 Å². The third-order valence-corrected chi connectivity index (χ3v) is 2.61. The lowest BCUT2D eigenvalue weighted by Gasteiger charge is -2.10. The first kappa shape index (κ1) is 10.5. The highest BCUT2D eigenvalue weighted by Gasteiger charge is 2.14. The van der Waals surface area contributed by atoms with Crippen LogP contribution in [0.5, 0.6) is 0 Å². The fraction of sp³-hybridized carbons (Fsp3) is 0.636. The Morgan fingerprint density at radius 1 is 1.27 bits per heavy atom. The summed E-state index contributed by atoms with van der Waals surface area (Å²) in [6, 6.07) is 0. The van der Waals surface area contributed by atoms with Gasteiger partial charge in [0, 0.05) is 18.7 Å². The molecule has 2 heterocycles. The van der Waals surface area contributed by atoms with Crippen LogP contribution in [0, 0.1) is 6.92 Å². The molecule has 2 rings (SSSR count). The molecule has 1 aromatic heterocycles. The monoisotopic (exact) mass is 207 g/mol. The highest BCUT2D eigenvalue weighted by atomic mass is 16.5. The highest BCUT2D eigenvalue weighted by molar-refractivity contribution is 5.27. The minimum Gasteiger partial charge on any atom is -0.381 e. The van der Waals surface area contributed by atoms with E-state index in [2.05, 4.69) is 15.3 Å². The van der Waals surface area contributed by atoms with Crippen LogP contribution in [0.3, 0.4) is 0 Å². The van der Waals surface area contributed by atoms with Gasteiger partial charge in [0.1, 0.15) is 5.82 Å². The standard InChI is InChI=1S/C11H17N3O/c1-8-13-10-4-6-15-5-3-9(10)11(14-8)7-12-2/h12H,3-7H2,1-2H3. The van der Waals surface area contributed by atoms with Crippen LogP contribution >= 0.6 is 0 Å². The molecule has 1 aromatic rings. The van der Waals surface area contributed by atoms with E-state index in [1.165, 1.54) is 11.3 Å². The molecule has 0 aliphatic carbocycles. The van der Waals surface area contributed by atoms with Gasteiger partial charge in [-0.15, -0.1) is 0 Å². The van der Waals surface area contributed by atoms with Crippen LogP contribution in [0.25, 0.3) is 0 Å². The summed E-state index contributed by atoms with van der Waals surface area (Å²) in [5.41, 5.74) is 3.59. The van der Waals surface area contributed by atoms with Crippen molar-refractivity contribution in [1.82, 2.24) is 15.3 Å². The minimum atomic E-state index is 0.780. The Balaban J connectivity index is 2.40. The molecular weight excluding hydrogens is 190 g/mol. The van der Waals surface area contributed by atoms with Crippen molar-refractivity contribution in [3.63, 3.8) is 0 Å². The molecule has 1 aliphatic rings. The number of ether oxygens (including phenoxy) is 1. The van der Waals surface area contributed by atoms with Gasteiger partial charge in [-0.05, 0) is 26.0 Å². The molecule has 0 saturated heterocycles. The first-order valence-corrected chi connectivity index (χ1v) is 5.39. The van der Waals surface area contributed by atoms with E-state index < -0.39 is 0 Å². The molecule has 0 atom stereocenters. The van der Waals surface area contributed by atoms with Crippen molar-refractivity contribution >= 4 is 0 Å². The van der Waals surface area contributed by atoms with Gasteiger partial charge >= 0.3 is 0 Å². The van der Waals surface area contributed by atoms with Gasteiger partial charge in [-0.25, -0.2) is 9.97 Å². The first-order chi connectivity index (χ1) is 7.31. The van der Waals surface area contributed by atoms with Gasteiger partial charge in [0.2, 0.25) is 0 Å². The second-order valence-corrected chi connectivity index (χ2v) is 3.79. The number of nitrogens with one attached hydrogen (secondary N) is 1. The first-order valence-electron chi connectivity index (χ1n) is 5.39. The van der Waals surface area contributed by atoms with E-state index in [0.29, 0.717) is 0 Å². The quantitative estimate of drug-likeness (QED) is 0.772. The average molecular weight is 207 g/mol. The molecule has 82 valence electrons. The van der Waals surface area contributed by atoms with Gasteiger partial charge < -0.3 is 10.1 Å². The largest absolute Gasteiger partial charge is 0.381 e. The molecule has 0 fully saturated rings. The van der Waals surface area contributed by atoms with Crippen LogP contribution in [0.1, 0.15) is 22.8 Å². The molecule has 4 nitrogen and oxygen atoms in total. The van der Waals surface area contributed by atoms with Gasteiger partial charge in [-0.2, -0.15) is 0 Å². The van der Waals surface area contributed by atoms with Crippen molar-refractivity contribution in [2.45, 2.75) is 26.3 Å². The van der Waals surface area contributed by atoms with Crippen molar-refractivity contribution in [3.8, 4) is 0 Å². The number of fused-ring (bicyclic) bond motifs is 1. The number of hydrogen-bond donors (Lipinski definition) is 1. The van der Waals surface area contributed by atoms with Gasteiger partial charge in [-0.3, -0.25) is 0 Å². The second-order valence-electron chi connectivity index (χ2n) is 3.79. The number of hydrogen-bond acceptors (Lipinski definition) is 4. The zero-order chi connectivity index (χ0) is 10.7. The fourth-order valence-electron chi connectivity index (χ4n) is 1.97. The zero-order valence-corrected chi connectivity index (χ0v) is 9.34. The van der Waals surface area contributed by atoms with Crippen molar-refractivity contribution < 1.29 is 4.74 Å². The van der Waals surface area contributed by atoms with E-state index >= 15 is 0 Å². The molecule has 1 aliphatic heterocycles. The zero-order valence-electron chi connectivity index (χ0n) is 9.34. The molecule has 0 spiro atoms. The number of rotatable bonds is 2. The third kappa shape index (κ3) is 2.33. The molecule has 1 N–H and O–H groups in total. The van der Waals surface area contributed by atoms with Gasteiger partial charge in [-0.1, -0.05) is 0 Å². The maximum absolute atomic E-state index is 5.46. The van der Waals surface area contributed by atoms with E-state index in [4.69, 9.17) is 4.74 Å². The highest BCUT2D eigenvalue weighted by Crippen LogP contribution is 2.16. The Labute approximate surface area is 90.1 Å². The molecular formula is C11H17N3O. The number of nitrogens with zero attached hydrogens (tertiary/aromatic N) is 2. The molecule has 0 saturated carbocycles. The smallest absolute Gasteiger partial charge is 0.125 e. The minimum absolute atomic E-state index is 0.780. The Morgan fingerprint density at radius 3 is 2.87 bits per heavy atom. The summed E-state index contributed by atoms with van der Waals surface area (Å²) in [5.74, 6) is 0.862. The molecule has 0 bridgehead atoms. The SMILES string of the molecule is CNCc1nc(C)nc2c1CCOCC2. The third-order valence-electron chi connectivity index (χ3n) is 2.61. The van der Waals surface area contributed by atoms with Crippen molar-refractivity contribution in [2.24, 2.45) is 0 Å². The van der Waals surface area contributed by atoms with E-state index in [1.807, 2.05) is 14.0 Å². The molecule has 0 unspecified atom stereocenters. The molecule has 4 heteroatoms. The van der Waals surface area contributed by atoms with E-state index in [9.17, 15) is 0 Å². The van der Waals surface area contributed by atoms with Crippen LogP contribution in [0.4, 0.5) is 0 Å². The lowest BCUT2D eigenvalue weighted by Crippen LogP contribution is -2.14.